The van der Waals surface area contributed by atoms with Gasteiger partial charge in [0.1, 0.15) is 0 Å². The molecule has 1 heterocycles. The van der Waals surface area contributed by atoms with Crippen LogP contribution in [0.3, 0.4) is 0 Å². The Morgan fingerprint density at radius 1 is 1.25 bits per heavy atom. The van der Waals surface area contributed by atoms with Gasteiger partial charge >= 0.3 is 0 Å². The van der Waals surface area contributed by atoms with Crippen LogP contribution in [-0.2, 0) is 14.9 Å². The predicted octanol–water partition coefficient (Wildman–Crippen LogP) is 3.04. The van der Waals surface area contributed by atoms with Crippen molar-refractivity contribution in [1.29, 1.82) is 0 Å². The molecular formula is C17H25NO2. The second-order valence-corrected chi connectivity index (χ2v) is 5.64. The highest BCUT2D eigenvalue weighted by Gasteiger charge is 2.34. The molecule has 0 atom stereocenters. The Balaban J connectivity index is 2.02. The fourth-order valence-corrected chi connectivity index (χ4v) is 2.81. The lowest BCUT2D eigenvalue weighted by Gasteiger charge is -2.38. The number of rotatable bonds is 6. The van der Waals surface area contributed by atoms with Gasteiger partial charge in [0.2, 0.25) is 5.91 Å². The largest absolute Gasteiger partial charge is 0.381 e. The fraction of sp³-hybridized carbons (Fsp3) is 0.588. The van der Waals surface area contributed by atoms with Crippen molar-refractivity contribution < 1.29 is 9.53 Å². The van der Waals surface area contributed by atoms with E-state index in [9.17, 15) is 4.79 Å². The molecule has 0 spiro atoms. The van der Waals surface area contributed by atoms with Crippen molar-refractivity contribution in [1.82, 2.24) is 5.32 Å². The number of amides is 1. The summed E-state index contributed by atoms with van der Waals surface area (Å²) in [5, 5.41) is 3.13. The van der Waals surface area contributed by atoms with Crippen LogP contribution in [0.1, 0.15) is 44.6 Å². The van der Waals surface area contributed by atoms with Gasteiger partial charge in [-0.25, -0.2) is 0 Å². The highest BCUT2D eigenvalue weighted by Crippen LogP contribution is 2.34. The zero-order valence-corrected chi connectivity index (χ0v) is 12.4. The van der Waals surface area contributed by atoms with Crippen LogP contribution in [-0.4, -0.2) is 25.7 Å². The Morgan fingerprint density at radius 2 is 1.95 bits per heavy atom. The van der Waals surface area contributed by atoms with Gasteiger partial charge in [-0.15, -0.1) is 0 Å². The van der Waals surface area contributed by atoms with E-state index in [-0.39, 0.29) is 11.3 Å². The number of carbonyl (C=O) groups excluding carboxylic acids is 1. The van der Waals surface area contributed by atoms with Crippen LogP contribution in [0.4, 0.5) is 0 Å². The molecule has 1 amide bonds. The van der Waals surface area contributed by atoms with E-state index < -0.39 is 0 Å². The Morgan fingerprint density at radius 3 is 2.60 bits per heavy atom. The van der Waals surface area contributed by atoms with Crippen LogP contribution in [0, 0.1) is 0 Å². The third-order valence-corrected chi connectivity index (χ3v) is 4.22. The Bertz CT molecular complexity index is 410. The number of benzene rings is 1. The van der Waals surface area contributed by atoms with Gasteiger partial charge in [0, 0.05) is 31.6 Å². The molecule has 0 bridgehead atoms. The fourth-order valence-electron chi connectivity index (χ4n) is 2.81. The van der Waals surface area contributed by atoms with Crippen LogP contribution < -0.4 is 5.32 Å². The van der Waals surface area contributed by atoms with E-state index in [1.165, 1.54) is 5.56 Å². The number of nitrogens with one attached hydrogen (secondary N) is 1. The molecule has 2 rings (SSSR count). The first-order valence-electron chi connectivity index (χ1n) is 7.67. The van der Waals surface area contributed by atoms with E-state index in [0.29, 0.717) is 6.42 Å². The molecule has 1 aromatic carbocycles. The molecule has 1 N–H and O–H groups in total. The predicted molar refractivity (Wildman–Crippen MR) is 80.7 cm³/mol. The van der Waals surface area contributed by atoms with Gasteiger partial charge in [0.15, 0.2) is 0 Å². The van der Waals surface area contributed by atoms with Crippen molar-refractivity contribution in [2.24, 2.45) is 0 Å². The average molecular weight is 275 g/mol. The van der Waals surface area contributed by atoms with E-state index in [2.05, 4.69) is 36.5 Å². The summed E-state index contributed by atoms with van der Waals surface area (Å²) in [6.45, 7) is 4.39. The standard InChI is InChI=1S/C17H25NO2/c1-2-3-9-16(19)18-14-17(10-12-20-13-11-17)15-7-5-4-6-8-15/h4-8H,2-3,9-14H2,1H3,(H,18,19). The number of unbranched alkanes of at least 4 members (excludes halogenated alkanes) is 1. The van der Waals surface area contributed by atoms with Gasteiger partial charge in [-0.05, 0) is 24.8 Å². The summed E-state index contributed by atoms with van der Waals surface area (Å²) in [7, 11) is 0. The second kappa shape index (κ2) is 7.44. The molecule has 1 aliphatic rings. The molecule has 20 heavy (non-hydrogen) atoms. The van der Waals surface area contributed by atoms with E-state index >= 15 is 0 Å². The molecule has 0 saturated carbocycles. The normalized spacial score (nSPS) is 17.6. The van der Waals surface area contributed by atoms with E-state index in [1.807, 2.05) is 6.07 Å². The summed E-state index contributed by atoms with van der Waals surface area (Å²) >= 11 is 0. The van der Waals surface area contributed by atoms with Crippen LogP contribution >= 0.6 is 0 Å². The molecular weight excluding hydrogens is 250 g/mol. The minimum atomic E-state index is 0.0430. The average Bonchev–Trinajstić information content (AvgIpc) is 2.52. The summed E-state index contributed by atoms with van der Waals surface area (Å²) in [6.07, 6.45) is 4.62. The molecule has 3 heteroatoms. The quantitative estimate of drug-likeness (QED) is 0.866. The molecule has 110 valence electrons. The summed E-state index contributed by atoms with van der Waals surface area (Å²) < 4.78 is 5.51. The van der Waals surface area contributed by atoms with Crippen LogP contribution in [0.25, 0.3) is 0 Å². The lowest BCUT2D eigenvalue weighted by Crippen LogP contribution is -2.44. The third kappa shape index (κ3) is 3.83. The first kappa shape index (κ1) is 15.0. The number of hydrogen-bond acceptors (Lipinski definition) is 2. The third-order valence-electron chi connectivity index (χ3n) is 4.22. The second-order valence-electron chi connectivity index (χ2n) is 5.64. The van der Waals surface area contributed by atoms with Crippen LogP contribution in [0.5, 0.6) is 0 Å². The summed E-state index contributed by atoms with van der Waals surface area (Å²) in [4.78, 5) is 11.9. The Kier molecular flexibility index (Phi) is 5.60. The monoisotopic (exact) mass is 275 g/mol. The van der Waals surface area contributed by atoms with Gasteiger partial charge < -0.3 is 10.1 Å². The smallest absolute Gasteiger partial charge is 0.220 e. The van der Waals surface area contributed by atoms with E-state index in [0.717, 1.165) is 45.4 Å². The zero-order chi connectivity index (χ0) is 14.3. The molecule has 1 aliphatic heterocycles. The maximum Gasteiger partial charge on any atom is 0.220 e. The molecule has 1 aromatic rings. The number of ether oxygens (including phenoxy) is 1. The molecule has 0 unspecified atom stereocenters. The Labute approximate surface area is 121 Å². The molecule has 1 fully saturated rings. The molecule has 3 nitrogen and oxygen atoms in total. The van der Waals surface area contributed by atoms with Crippen molar-refractivity contribution in [3.05, 3.63) is 35.9 Å². The van der Waals surface area contributed by atoms with Gasteiger partial charge in [0.05, 0.1) is 0 Å². The minimum Gasteiger partial charge on any atom is -0.381 e. The van der Waals surface area contributed by atoms with Crippen LogP contribution in [0.2, 0.25) is 0 Å². The molecule has 0 radical (unpaired) electrons. The van der Waals surface area contributed by atoms with Crippen molar-refractivity contribution >= 4 is 5.91 Å². The first-order valence-corrected chi connectivity index (χ1v) is 7.67. The highest BCUT2D eigenvalue weighted by atomic mass is 16.5. The lowest BCUT2D eigenvalue weighted by molar-refractivity contribution is -0.121. The van der Waals surface area contributed by atoms with Crippen molar-refractivity contribution in [2.75, 3.05) is 19.8 Å². The summed E-state index contributed by atoms with van der Waals surface area (Å²) in [6, 6.07) is 10.5. The molecule has 0 aromatic heterocycles. The number of carbonyl (C=O) groups is 1. The number of hydrogen-bond donors (Lipinski definition) is 1. The van der Waals surface area contributed by atoms with Crippen molar-refractivity contribution in [2.45, 2.75) is 44.4 Å². The maximum atomic E-state index is 11.9. The minimum absolute atomic E-state index is 0.0430. The van der Waals surface area contributed by atoms with E-state index in [4.69, 9.17) is 4.74 Å². The zero-order valence-electron chi connectivity index (χ0n) is 12.4. The molecule has 0 aliphatic carbocycles. The van der Waals surface area contributed by atoms with Gasteiger partial charge in [-0.2, -0.15) is 0 Å². The molecule has 1 saturated heterocycles. The topological polar surface area (TPSA) is 38.3 Å². The summed E-state index contributed by atoms with van der Waals surface area (Å²) in [5.41, 5.74) is 1.36. The maximum absolute atomic E-state index is 11.9. The lowest BCUT2D eigenvalue weighted by atomic mass is 9.74. The van der Waals surface area contributed by atoms with Gasteiger partial charge in [0.25, 0.3) is 0 Å². The first-order chi connectivity index (χ1) is 9.77. The summed E-state index contributed by atoms with van der Waals surface area (Å²) in [5.74, 6) is 0.175. The van der Waals surface area contributed by atoms with Gasteiger partial charge in [-0.3, -0.25) is 4.79 Å². The SMILES string of the molecule is CCCCC(=O)NCC1(c2ccccc2)CCOCC1. The van der Waals surface area contributed by atoms with E-state index in [1.54, 1.807) is 0 Å². The van der Waals surface area contributed by atoms with Crippen molar-refractivity contribution in [3.63, 3.8) is 0 Å². The van der Waals surface area contributed by atoms with Gasteiger partial charge in [-0.1, -0.05) is 43.7 Å². The Hall–Kier alpha value is -1.35. The van der Waals surface area contributed by atoms with Crippen LogP contribution in [0.15, 0.2) is 30.3 Å². The highest BCUT2D eigenvalue weighted by molar-refractivity contribution is 5.76. The van der Waals surface area contributed by atoms with Crippen molar-refractivity contribution in [3.8, 4) is 0 Å².